The van der Waals surface area contributed by atoms with Gasteiger partial charge in [-0.15, -0.1) is 0 Å². The van der Waals surface area contributed by atoms with E-state index >= 15 is 0 Å². The number of para-hydroxylation sites is 1. The molecule has 0 spiro atoms. The van der Waals surface area contributed by atoms with Crippen LogP contribution in [-0.4, -0.2) is 65.9 Å². The molecule has 172 valence electrons. The monoisotopic (exact) mass is 464 g/mol. The van der Waals surface area contributed by atoms with Crippen molar-refractivity contribution < 1.29 is 9.59 Å². The quantitative estimate of drug-likeness (QED) is 0.587. The summed E-state index contributed by atoms with van der Waals surface area (Å²) in [5.74, 6) is -0.0780. The van der Waals surface area contributed by atoms with Gasteiger partial charge in [0.05, 0.1) is 5.41 Å². The predicted octanol–water partition coefficient (Wildman–Crippen LogP) is 3.35. The van der Waals surface area contributed by atoms with Crippen molar-refractivity contribution in [3.05, 3.63) is 70.9 Å². The van der Waals surface area contributed by atoms with Gasteiger partial charge in [0.1, 0.15) is 6.04 Å². The highest BCUT2D eigenvalue weighted by Crippen LogP contribution is 2.48. The second-order valence-corrected chi connectivity index (χ2v) is 9.74. The molecule has 6 nitrogen and oxygen atoms in total. The van der Waals surface area contributed by atoms with Crippen molar-refractivity contribution in [3.8, 4) is 0 Å². The van der Waals surface area contributed by atoms with E-state index in [1.54, 1.807) is 0 Å². The Hall–Kier alpha value is -2.83. The molecule has 2 aliphatic rings. The van der Waals surface area contributed by atoms with E-state index in [4.69, 9.17) is 11.6 Å². The molecule has 1 atom stereocenters. The zero-order valence-electron chi connectivity index (χ0n) is 18.8. The maximum Gasteiger partial charge on any atom is 0.245 e. The Labute approximate surface area is 198 Å². The molecule has 0 radical (unpaired) electrons. The van der Waals surface area contributed by atoms with Crippen molar-refractivity contribution in [1.82, 2.24) is 20.1 Å². The number of H-pyrrole nitrogens is 1. The summed E-state index contributed by atoms with van der Waals surface area (Å²) in [7, 11) is 2.07. The lowest BCUT2D eigenvalue weighted by Crippen LogP contribution is -2.56. The number of nitrogens with one attached hydrogen (secondary N) is 2. The minimum atomic E-state index is -0.607. The van der Waals surface area contributed by atoms with Gasteiger partial charge in [0.15, 0.2) is 0 Å². The number of fused-ring (bicyclic) bond motifs is 1. The van der Waals surface area contributed by atoms with Gasteiger partial charge >= 0.3 is 0 Å². The Kier molecular flexibility index (Phi) is 5.89. The van der Waals surface area contributed by atoms with E-state index in [1.807, 2.05) is 53.6 Å². The summed E-state index contributed by atoms with van der Waals surface area (Å²) < 4.78 is 0. The van der Waals surface area contributed by atoms with Crippen molar-refractivity contribution in [2.24, 2.45) is 0 Å². The van der Waals surface area contributed by atoms with Crippen LogP contribution in [-0.2, 0) is 21.4 Å². The smallest absolute Gasteiger partial charge is 0.245 e. The number of halogens is 1. The van der Waals surface area contributed by atoms with Gasteiger partial charge in [-0.05, 0) is 49.2 Å². The van der Waals surface area contributed by atoms with Crippen LogP contribution in [0.5, 0.6) is 0 Å². The number of carbonyl (C=O) groups excluding carboxylic acids is 2. The fourth-order valence-corrected chi connectivity index (χ4v) is 4.93. The third kappa shape index (κ3) is 4.37. The highest BCUT2D eigenvalue weighted by atomic mass is 35.5. The summed E-state index contributed by atoms with van der Waals surface area (Å²) in [5, 5.41) is 4.89. The minimum Gasteiger partial charge on any atom is -0.361 e. The number of piperazine rings is 1. The van der Waals surface area contributed by atoms with Crippen LogP contribution in [0.1, 0.15) is 24.0 Å². The van der Waals surface area contributed by atoms with Crippen LogP contribution in [0.3, 0.4) is 0 Å². The van der Waals surface area contributed by atoms with Gasteiger partial charge in [0, 0.05) is 54.7 Å². The van der Waals surface area contributed by atoms with E-state index in [-0.39, 0.29) is 11.8 Å². The molecule has 0 bridgehead atoms. The average Bonchev–Trinajstić information content (AvgIpc) is 3.55. The van der Waals surface area contributed by atoms with E-state index < -0.39 is 11.5 Å². The lowest BCUT2D eigenvalue weighted by molar-refractivity contribution is -0.138. The van der Waals surface area contributed by atoms with Crippen LogP contribution in [0.15, 0.2) is 54.7 Å². The topological polar surface area (TPSA) is 68.4 Å². The van der Waals surface area contributed by atoms with Gasteiger partial charge < -0.3 is 20.1 Å². The Balaban J connectivity index is 1.40. The van der Waals surface area contributed by atoms with E-state index in [0.29, 0.717) is 24.5 Å². The van der Waals surface area contributed by atoms with Crippen LogP contribution >= 0.6 is 11.6 Å². The van der Waals surface area contributed by atoms with Crippen molar-refractivity contribution in [3.63, 3.8) is 0 Å². The molecule has 1 aromatic heterocycles. The molecule has 1 saturated heterocycles. The summed E-state index contributed by atoms with van der Waals surface area (Å²) in [6.45, 7) is 3.04. The van der Waals surface area contributed by atoms with Crippen molar-refractivity contribution >= 4 is 34.3 Å². The Morgan fingerprint density at radius 1 is 1.06 bits per heavy atom. The second kappa shape index (κ2) is 8.84. The fourth-order valence-electron chi connectivity index (χ4n) is 4.80. The van der Waals surface area contributed by atoms with Crippen molar-refractivity contribution in [2.45, 2.75) is 30.7 Å². The molecule has 2 aromatic carbocycles. The Bertz CT molecular complexity index is 1160. The minimum absolute atomic E-state index is 0.00589. The molecule has 5 rings (SSSR count). The zero-order valence-corrected chi connectivity index (χ0v) is 19.6. The summed E-state index contributed by atoms with van der Waals surface area (Å²) >= 11 is 6.05. The van der Waals surface area contributed by atoms with Crippen molar-refractivity contribution in [1.29, 1.82) is 0 Å². The lowest BCUT2D eigenvalue weighted by atomic mass is 9.94. The first-order chi connectivity index (χ1) is 16.0. The number of hydrogen-bond acceptors (Lipinski definition) is 3. The zero-order chi connectivity index (χ0) is 23.0. The highest BCUT2D eigenvalue weighted by molar-refractivity contribution is 6.30. The molecular weight excluding hydrogens is 436 g/mol. The van der Waals surface area contributed by atoms with Crippen LogP contribution < -0.4 is 5.32 Å². The van der Waals surface area contributed by atoms with Gasteiger partial charge in [-0.2, -0.15) is 0 Å². The van der Waals surface area contributed by atoms with Crippen molar-refractivity contribution in [2.75, 3.05) is 33.2 Å². The van der Waals surface area contributed by atoms with Crippen LogP contribution in [0, 0.1) is 0 Å². The summed E-state index contributed by atoms with van der Waals surface area (Å²) in [6, 6.07) is 14.9. The predicted molar refractivity (Wildman–Crippen MR) is 130 cm³/mol. The first-order valence-electron chi connectivity index (χ1n) is 11.6. The number of aromatic amines is 1. The van der Waals surface area contributed by atoms with Crippen LogP contribution in [0.2, 0.25) is 5.02 Å². The maximum atomic E-state index is 13.6. The molecule has 2 amide bonds. The molecule has 2 N–H and O–H groups in total. The number of nitrogens with zero attached hydrogens (tertiary/aromatic N) is 2. The molecule has 1 aliphatic carbocycles. The largest absolute Gasteiger partial charge is 0.361 e. The maximum absolute atomic E-state index is 13.6. The molecule has 1 aliphatic heterocycles. The molecule has 3 aromatic rings. The molecule has 1 saturated carbocycles. The Morgan fingerprint density at radius 2 is 1.76 bits per heavy atom. The molecular formula is C26H29ClN4O2. The van der Waals surface area contributed by atoms with Gasteiger partial charge in [-0.1, -0.05) is 41.9 Å². The van der Waals surface area contributed by atoms with Gasteiger partial charge in [0.2, 0.25) is 11.8 Å². The second-order valence-electron chi connectivity index (χ2n) is 9.31. The Morgan fingerprint density at radius 3 is 2.45 bits per heavy atom. The van der Waals surface area contributed by atoms with E-state index in [2.05, 4.69) is 28.3 Å². The molecule has 2 heterocycles. The summed E-state index contributed by atoms with van der Waals surface area (Å²) in [4.78, 5) is 34.5. The number of amides is 2. The van der Waals surface area contributed by atoms with Gasteiger partial charge in [-0.3, -0.25) is 9.59 Å². The third-order valence-corrected chi connectivity index (χ3v) is 7.35. The summed E-state index contributed by atoms with van der Waals surface area (Å²) in [6.07, 6.45) is 3.97. The summed E-state index contributed by atoms with van der Waals surface area (Å²) in [5.41, 5.74) is 2.47. The van der Waals surface area contributed by atoms with E-state index in [0.717, 1.165) is 48.0 Å². The first-order valence-corrected chi connectivity index (χ1v) is 11.9. The number of rotatable bonds is 6. The third-order valence-electron chi connectivity index (χ3n) is 7.10. The average molecular weight is 465 g/mol. The molecule has 2 fully saturated rings. The standard InChI is InChI=1S/C26H29ClN4O2/c1-30-12-14-31(15-13-30)24(32)23(16-18-17-28-22-5-3-2-4-21(18)22)29-25(33)26(10-11-26)19-6-8-20(27)9-7-19/h2-9,17,23,28H,10-16H2,1H3,(H,29,33). The number of carbonyl (C=O) groups is 2. The van der Waals surface area contributed by atoms with Crippen LogP contribution in [0.25, 0.3) is 10.9 Å². The highest BCUT2D eigenvalue weighted by Gasteiger charge is 2.52. The molecule has 1 unspecified atom stereocenters. The number of benzene rings is 2. The fraction of sp³-hybridized carbons (Fsp3) is 0.385. The van der Waals surface area contributed by atoms with Crippen LogP contribution in [0.4, 0.5) is 0 Å². The normalized spacial score (nSPS) is 18.8. The van der Waals surface area contributed by atoms with Gasteiger partial charge in [0.25, 0.3) is 0 Å². The van der Waals surface area contributed by atoms with E-state index in [1.165, 1.54) is 0 Å². The molecule has 7 heteroatoms. The lowest BCUT2D eigenvalue weighted by Gasteiger charge is -2.35. The molecule has 33 heavy (non-hydrogen) atoms. The number of likely N-dealkylation sites (N-methyl/N-ethyl adjacent to an activating group) is 1. The first kappa shape index (κ1) is 22.0. The van der Waals surface area contributed by atoms with Gasteiger partial charge in [-0.25, -0.2) is 0 Å². The number of aromatic nitrogens is 1. The SMILES string of the molecule is CN1CCN(C(=O)C(Cc2c[nH]c3ccccc23)NC(=O)C2(c3ccc(Cl)cc3)CC2)CC1. The number of hydrogen-bond donors (Lipinski definition) is 2. The van der Waals surface area contributed by atoms with E-state index in [9.17, 15) is 9.59 Å².